The summed E-state index contributed by atoms with van der Waals surface area (Å²) in [7, 11) is 0. The minimum atomic E-state index is 0.315. The number of fused-ring (bicyclic) bond motifs is 1. The summed E-state index contributed by atoms with van der Waals surface area (Å²) in [5.41, 5.74) is 6.46. The van der Waals surface area contributed by atoms with E-state index in [-0.39, 0.29) is 0 Å². The number of aromatic nitrogens is 2. The van der Waals surface area contributed by atoms with E-state index in [1.54, 1.807) is 17.5 Å². The number of hydrogen-bond donors (Lipinski definition) is 1. The Morgan fingerprint density at radius 1 is 1.12 bits per heavy atom. The average molecular weight is 227 g/mol. The van der Waals surface area contributed by atoms with E-state index >= 15 is 0 Å². The second-order valence-electron chi connectivity index (χ2n) is 3.45. The van der Waals surface area contributed by atoms with Crippen LogP contribution in [0.4, 0.5) is 5.95 Å². The Labute approximate surface area is 96.6 Å². The van der Waals surface area contributed by atoms with Crippen LogP contribution in [0, 0.1) is 0 Å². The normalized spacial score (nSPS) is 10.8. The lowest BCUT2D eigenvalue weighted by atomic mass is 10.2. The summed E-state index contributed by atoms with van der Waals surface area (Å²) < 4.78 is 1.26. The number of nitrogen functional groups attached to an aromatic ring is 1. The summed E-state index contributed by atoms with van der Waals surface area (Å²) in [6.07, 6.45) is 1.68. The van der Waals surface area contributed by atoms with Crippen LogP contribution in [-0.4, -0.2) is 9.97 Å². The first kappa shape index (κ1) is 9.30. The van der Waals surface area contributed by atoms with Gasteiger partial charge >= 0.3 is 0 Å². The molecule has 0 spiro atoms. The van der Waals surface area contributed by atoms with Gasteiger partial charge in [-0.3, -0.25) is 0 Å². The molecule has 0 saturated carbocycles. The summed E-state index contributed by atoms with van der Waals surface area (Å²) in [6, 6.07) is 12.3. The third kappa shape index (κ3) is 1.53. The molecular weight excluding hydrogens is 218 g/mol. The molecule has 2 aromatic heterocycles. The highest BCUT2D eigenvalue weighted by Crippen LogP contribution is 2.32. The quantitative estimate of drug-likeness (QED) is 0.695. The Hall–Kier alpha value is -1.94. The Morgan fingerprint density at radius 2 is 2.00 bits per heavy atom. The molecule has 3 aromatic rings. The van der Waals surface area contributed by atoms with Gasteiger partial charge in [0.2, 0.25) is 5.95 Å². The van der Waals surface area contributed by atoms with E-state index in [0.29, 0.717) is 5.95 Å². The number of nitrogens with two attached hydrogens (primary N) is 1. The van der Waals surface area contributed by atoms with E-state index in [1.165, 1.54) is 10.1 Å². The van der Waals surface area contributed by atoms with Crippen molar-refractivity contribution >= 4 is 27.4 Å². The smallest absolute Gasteiger partial charge is 0.220 e. The Morgan fingerprint density at radius 3 is 2.81 bits per heavy atom. The van der Waals surface area contributed by atoms with Crippen LogP contribution >= 0.6 is 11.3 Å². The van der Waals surface area contributed by atoms with E-state index < -0.39 is 0 Å². The van der Waals surface area contributed by atoms with Gasteiger partial charge in [0.1, 0.15) is 0 Å². The third-order valence-corrected chi connectivity index (χ3v) is 3.49. The van der Waals surface area contributed by atoms with Gasteiger partial charge in [0.25, 0.3) is 0 Å². The van der Waals surface area contributed by atoms with Crippen LogP contribution in [0.5, 0.6) is 0 Å². The Kier molecular flexibility index (Phi) is 2.08. The maximum atomic E-state index is 5.57. The predicted octanol–water partition coefficient (Wildman–Crippen LogP) is 2.94. The van der Waals surface area contributed by atoms with E-state index in [1.807, 2.05) is 18.2 Å². The van der Waals surface area contributed by atoms with Crippen LogP contribution in [0.25, 0.3) is 20.7 Å². The molecule has 0 saturated heterocycles. The summed E-state index contributed by atoms with van der Waals surface area (Å²) >= 11 is 1.71. The summed E-state index contributed by atoms with van der Waals surface area (Å²) in [4.78, 5) is 9.23. The topological polar surface area (TPSA) is 51.8 Å². The fourth-order valence-corrected chi connectivity index (χ4v) is 2.65. The number of rotatable bonds is 1. The van der Waals surface area contributed by atoms with Crippen molar-refractivity contribution in [3.8, 4) is 10.6 Å². The molecule has 0 bridgehead atoms. The number of thiophene rings is 1. The van der Waals surface area contributed by atoms with Gasteiger partial charge in [-0.25, -0.2) is 9.97 Å². The van der Waals surface area contributed by atoms with E-state index in [2.05, 4.69) is 28.2 Å². The molecule has 0 aliphatic rings. The van der Waals surface area contributed by atoms with Crippen LogP contribution in [0.1, 0.15) is 0 Å². The monoisotopic (exact) mass is 227 g/mol. The van der Waals surface area contributed by atoms with Crippen molar-refractivity contribution < 1.29 is 0 Å². The summed E-state index contributed by atoms with van der Waals surface area (Å²) in [5.74, 6) is 0.315. The van der Waals surface area contributed by atoms with Crippen molar-refractivity contribution in [3.63, 3.8) is 0 Å². The number of benzene rings is 1. The summed E-state index contributed by atoms with van der Waals surface area (Å²) in [6.45, 7) is 0. The van der Waals surface area contributed by atoms with Gasteiger partial charge in [0.15, 0.2) is 0 Å². The largest absolute Gasteiger partial charge is 0.368 e. The predicted molar refractivity (Wildman–Crippen MR) is 67.3 cm³/mol. The molecule has 3 rings (SSSR count). The van der Waals surface area contributed by atoms with E-state index in [4.69, 9.17) is 5.73 Å². The lowest BCUT2D eigenvalue weighted by Crippen LogP contribution is -1.93. The molecule has 0 amide bonds. The minimum Gasteiger partial charge on any atom is -0.368 e. The molecule has 2 heterocycles. The van der Waals surface area contributed by atoms with Crippen LogP contribution in [0.2, 0.25) is 0 Å². The van der Waals surface area contributed by atoms with Crippen LogP contribution in [0.3, 0.4) is 0 Å². The molecule has 1 aromatic carbocycles. The molecule has 16 heavy (non-hydrogen) atoms. The molecule has 0 radical (unpaired) electrons. The second-order valence-corrected chi connectivity index (χ2v) is 4.53. The van der Waals surface area contributed by atoms with Crippen molar-refractivity contribution in [2.45, 2.75) is 0 Å². The zero-order valence-corrected chi connectivity index (χ0v) is 9.24. The lowest BCUT2D eigenvalue weighted by Gasteiger charge is -1.95. The van der Waals surface area contributed by atoms with Crippen molar-refractivity contribution in [3.05, 3.63) is 42.6 Å². The fraction of sp³-hybridized carbons (Fsp3) is 0. The highest BCUT2D eigenvalue weighted by molar-refractivity contribution is 7.22. The molecule has 0 atom stereocenters. The van der Waals surface area contributed by atoms with Gasteiger partial charge in [0, 0.05) is 10.9 Å². The molecular formula is C12H9N3S. The van der Waals surface area contributed by atoms with Crippen LogP contribution in [0.15, 0.2) is 42.6 Å². The fourth-order valence-electron chi connectivity index (χ4n) is 1.62. The first-order chi connectivity index (χ1) is 7.83. The molecule has 0 unspecified atom stereocenters. The van der Waals surface area contributed by atoms with Gasteiger partial charge in [-0.15, -0.1) is 11.3 Å². The molecule has 0 aliphatic heterocycles. The van der Waals surface area contributed by atoms with Gasteiger partial charge in [-0.1, -0.05) is 18.2 Å². The zero-order valence-electron chi connectivity index (χ0n) is 8.42. The van der Waals surface area contributed by atoms with Crippen LogP contribution < -0.4 is 5.73 Å². The molecule has 2 N–H and O–H groups in total. The Bertz CT molecular complexity index is 612. The standard InChI is InChI=1S/C12H9N3S/c13-12-14-6-5-9(15-12)11-7-8-3-1-2-4-10(8)16-11/h1-7H,(H2,13,14,15). The maximum absolute atomic E-state index is 5.57. The first-order valence-electron chi connectivity index (χ1n) is 4.90. The molecule has 0 fully saturated rings. The van der Waals surface area contributed by atoms with E-state index in [9.17, 15) is 0 Å². The average Bonchev–Trinajstić information content (AvgIpc) is 2.72. The zero-order chi connectivity index (χ0) is 11.0. The highest BCUT2D eigenvalue weighted by atomic mass is 32.1. The van der Waals surface area contributed by atoms with Gasteiger partial charge in [0.05, 0.1) is 10.6 Å². The van der Waals surface area contributed by atoms with Crippen molar-refractivity contribution in [2.24, 2.45) is 0 Å². The maximum Gasteiger partial charge on any atom is 0.220 e. The highest BCUT2D eigenvalue weighted by Gasteiger charge is 2.05. The summed E-state index contributed by atoms with van der Waals surface area (Å²) in [5, 5.41) is 1.24. The molecule has 78 valence electrons. The molecule has 4 heteroatoms. The number of nitrogens with zero attached hydrogens (tertiary/aromatic N) is 2. The Balaban J connectivity index is 2.19. The third-order valence-electron chi connectivity index (χ3n) is 2.35. The van der Waals surface area contributed by atoms with Gasteiger partial charge in [-0.05, 0) is 23.6 Å². The second kappa shape index (κ2) is 3.57. The number of hydrogen-bond acceptors (Lipinski definition) is 4. The van der Waals surface area contributed by atoms with Gasteiger partial charge in [-0.2, -0.15) is 0 Å². The van der Waals surface area contributed by atoms with Crippen molar-refractivity contribution in [1.82, 2.24) is 9.97 Å². The van der Waals surface area contributed by atoms with Crippen molar-refractivity contribution in [2.75, 3.05) is 5.73 Å². The molecule has 0 aliphatic carbocycles. The molecule has 3 nitrogen and oxygen atoms in total. The van der Waals surface area contributed by atoms with Crippen molar-refractivity contribution in [1.29, 1.82) is 0 Å². The minimum absolute atomic E-state index is 0.315. The number of anilines is 1. The SMILES string of the molecule is Nc1nccc(-c2cc3ccccc3s2)n1. The lowest BCUT2D eigenvalue weighted by molar-refractivity contribution is 1.19. The van der Waals surface area contributed by atoms with Crippen LogP contribution in [-0.2, 0) is 0 Å². The first-order valence-corrected chi connectivity index (χ1v) is 5.72. The van der Waals surface area contributed by atoms with E-state index in [0.717, 1.165) is 10.6 Å². The van der Waals surface area contributed by atoms with Gasteiger partial charge < -0.3 is 5.73 Å².